The quantitative estimate of drug-likeness (QED) is 0.699. The van der Waals surface area contributed by atoms with Crippen molar-refractivity contribution in [1.29, 1.82) is 0 Å². The molecule has 0 aliphatic heterocycles. The molecular weight excluding hydrogens is 315 g/mol. The molecule has 0 fully saturated rings. The third kappa shape index (κ3) is 5.97. The summed E-state index contributed by atoms with van der Waals surface area (Å²) in [6.07, 6.45) is 3.22. The van der Waals surface area contributed by atoms with Crippen LogP contribution in [0.4, 0.5) is 0 Å². The summed E-state index contributed by atoms with van der Waals surface area (Å²) < 4.78 is 7.17. The second-order valence-corrected chi connectivity index (χ2v) is 8.60. The third-order valence-electron chi connectivity index (χ3n) is 3.87. The summed E-state index contributed by atoms with van der Waals surface area (Å²) in [6, 6.07) is 10.7. The number of methoxy groups -OCH3 is 1. The van der Waals surface area contributed by atoms with E-state index in [2.05, 4.69) is 51.1 Å². The normalized spacial score (nSPS) is 15.1. The van der Waals surface area contributed by atoms with Gasteiger partial charge in [-0.15, -0.1) is 0 Å². The molecule has 2 atom stereocenters. The molecule has 20 heavy (non-hydrogen) atoms. The summed E-state index contributed by atoms with van der Waals surface area (Å²) in [5.41, 5.74) is -0.0885. The average molecular weight is 343 g/mol. The Hall–Kier alpha value is -0.341. The minimum atomic E-state index is -0.0885. The molecule has 0 heterocycles. The van der Waals surface area contributed by atoms with Gasteiger partial charge in [0.15, 0.2) is 0 Å². The van der Waals surface area contributed by atoms with Crippen molar-refractivity contribution < 1.29 is 9.84 Å². The van der Waals surface area contributed by atoms with Crippen LogP contribution in [0.15, 0.2) is 30.3 Å². The molecular formula is C17H28O2Se. The monoisotopic (exact) mass is 344 g/mol. The predicted octanol–water partition coefficient (Wildman–Crippen LogP) is 3.03. The third-order valence-corrected chi connectivity index (χ3v) is 7.29. The van der Waals surface area contributed by atoms with E-state index < -0.39 is 0 Å². The Bertz CT molecular complexity index is 365. The van der Waals surface area contributed by atoms with E-state index in [-0.39, 0.29) is 5.60 Å². The predicted molar refractivity (Wildman–Crippen MR) is 86.8 cm³/mol. The van der Waals surface area contributed by atoms with Crippen LogP contribution in [0.2, 0.25) is 4.82 Å². The van der Waals surface area contributed by atoms with E-state index in [1.165, 1.54) is 4.46 Å². The maximum atomic E-state index is 9.02. The standard InChI is InChI=1S/C17H28O2Se/c1-14(12-13-18)10-11-16(17(2,3)19-4)20-15-8-6-5-7-9-15/h5-9,14,16,18H,10-13H2,1-4H3. The first-order chi connectivity index (χ1) is 9.49. The Kier molecular flexibility index (Phi) is 7.83. The van der Waals surface area contributed by atoms with Crippen LogP contribution in [0, 0.1) is 5.92 Å². The number of aliphatic hydroxyl groups excluding tert-OH is 1. The second kappa shape index (κ2) is 8.84. The van der Waals surface area contributed by atoms with E-state index >= 15 is 0 Å². The SMILES string of the molecule is COC(C)(C)C(CCC(C)CCO)[Se]c1ccccc1. The fourth-order valence-corrected chi connectivity index (χ4v) is 4.82. The molecule has 114 valence electrons. The molecule has 0 saturated heterocycles. The topological polar surface area (TPSA) is 29.5 Å². The van der Waals surface area contributed by atoms with E-state index in [1.54, 1.807) is 0 Å². The van der Waals surface area contributed by atoms with Gasteiger partial charge in [-0.3, -0.25) is 0 Å². The van der Waals surface area contributed by atoms with E-state index in [9.17, 15) is 0 Å². The molecule has 0 radical (unpaired) electrons. The first-order valence-electron chi connectivity index (χ1n) is 7.37. The molecule has 1 aromatic rings. The first-order valence-corrected chi connectivity index (χ1v) is 9.22. The molecule has 1 aromatic carbocycles. The second-order valence-electron chi connectivity index (χ2n) is 5.92. The van der Waals surface area contributed by atoms with Crippen molar-refractivity contribution in [3.8, 4) is 0 Å². The molecule has 0 spiro atoms. The molecule has 0 amide bonds. The van der Waals surface area contributed by atoms with Crippen LogP contribution in [-0.2, 0) is 4.74 Å². The van der Waals surface area contributed by atoms with Gasteiger partial charge in [0.05, 0.1) is 0 Å². The van der Waals surface area contributed by atoms with Gasteiger partial charge in [-0.05, 0) is 0 Å². The van der Waals surface area contributed by atoms with Crippen LogP contribution in [0.1, 0.15) is 40.0 Å². The molecule has 1 N–H and O–H groups in total. The molecule has 0 aliphatic rings. The maximum absolute atomic E-state index is 9.02. The summed E-state index contributed by atoms with van der Waals surface area (Å²) in [4.78, 5) is 0.559. The van der Waals surface area contributed by atoms with Crippen molar-refractivity contribution in [2.75, 3.05) is 13.7 Å². The van der Waals surface area contributed by atoms with Crippen LogP contribution in [0.25, 0.3) is 0 Å². The van der Waals surface area contributed by atoms with Crippen molar-refractivity contribution in [2.24, 2.45) is 5.92 Å². The zero-order valence-corrected chi connectivity index (χ0v) is 14.8. The molecule has 2 unspecified atom stereocenters. The van der Waals surface area contributed by atoms with Crippen molar-refractivity contribution in [3.05, 3.63) is 30.3 Å². The van der Waals surface area contributed by atoms with Crippen molar-refractivity contribution in [1.82, 2.24) is 0 Å². The van der Waals surface area contributed by atoms with Gasteiger partial charge in [0, 0.05) is 0 Å². The number of rotatable bonds is 9. The molecule has 1 rings (SSSR count). The Morgan fingerprint density at radius 3 is 2.35 bits per heavy atom. The van der Waals surface area contributed by atoms with Crippen molar-refractivity contribution in [2.45, 2.75) is 50.5 Å². The number of benzene rings is 1. The Morgan fingerprint density at radius 2 is 1.80 bits per heavy atom. The molecule has 3 heteroatoms. The molecule has 0 saturated carbocycles. The van der Waals surface area contributed by atoms with E-state index in [0.717, 1.165) is 19.3 Å². The molecule has 0 bridgehead atoms. The summed E-state index contributed by atoms with van der Waals surface area (Å²) in [6.45, 7) is 6.91. The van der Waals surface area contributed by atoms with Gasteiger partial charge in [-0.1, -0.05) is 0 Å². The molecule has 2 nitrogen and oxygen atoms in total. The Balaban J connectivity index is 2.66. The number of hydrogen-bond acceptors (Lipinski definition) is 2. The fraction of sp³-hybridized carbons (Fsp3) is 0.647. The molecule has 0 aliphatic carbocycles. The van der Waals surface area contributed by atoms with Crippen LogP contribution in [0.3, 0.4) is 0 Å². The van der Waals surface area contributed by atoms with Gasteiger partial charge in [-0.25, -0.2) is 0 Å². The zero-order valence-electron chi connectivity index (χ0n) is 13.1. The number of aliphatic hydroxyl groups is 1. The fourth-order valence-electron chi connectivity index (χ4n) is 2.14. The van der Waals surface area contributed by atoms with Gasteiger partial charge < -0.3 is 0 Å². The van der Waals surface area contributed by atoms with Gasteiger partial charge in [0.2, 0.25) is 0 Å². The van der Waals surface area contributed by atoms with Gasteiger partial charge in [-0.2, -0.15) is 0 Å². The van der Waals surface area contributed by atoms with Crippen LogP contribution >= 0.6 is 0 Å². The van der Waals surface area contributed by atoms with Crippen LogP contribution < -0.4 is 4.46 Å². The summed E-state index contributed by atoms with van der Waals surface area (Å²) >= 11 is 0.416. The average Bonchev–Trinajstić information content (AvgIpc) is 2.44. The number of hydrogen-bond donors (Lipinski definition) is 1. The summed E-state index contributed by atoms with van der Waals surface area (Å²) in [5, 5.41) is 9.02. The van der Waals surface area contributed by atoms with Crippen molar-refractivity contribution >= 4 is 19.4 Å². The van der Waals surface area contributed by atoms with Crippen LogP contribution in [-0.4, -0.2) is 39.4 Å². The summed E-state index contributed by atoms with van der Waals surface area (Å²) in [5.74, 6) is 0.585. The van der Waals surface area contributed by atoms with E-state index in [0.29, 0.717) is 32.3 Å². The zero-order chi connectivity index (χ0) is 15.0. The summed E-state index contributed by atoms with van der Waals surface area (Å²) in [7, 11) is 1.81. The minimum absolute atomic E-state index is 0.0885. The van der Waals surface area contributed by atoms with E-state index in [4.69, 9.17) is 9.84 Å². The van der Waals surface area contributed by atoms with E-state index in [1.807, 2.05) is 7.11 Å². The Labute approximate surface area is 130 Å². The molecule has 0 aromatic heterocycles. The van der Waals surface area contributed by atoms with Gasteiger partial charge in [0.25, 0.3) is 0 Å². The Morgan fingerprint density at radius 1 is 1.15 bits per heavy atom. The van der Waals surface area contributed by atoms with Crippen LogP contribution in [0.5, 0.6) is 0 Å². The van der Waals surface area contributed by atoms with Crippen molar-refractivity contribution in [3.63, 3.8) is 0 Å². The number of ether oxygens (including phenoxy) is 1. The van der Waals surface area contributed by atoms with Gasteiger partial charge in [0.1, 0.15) is 0 Å². The first kappa shape index (κ1) is 17.7. The van der Waals surface area contributed by atoms with Gasteiger partial charge >= 0.3 is 130 Å².